The summed E-state index contributed by atoms with van der Waals surface area (Å²) in [6.07, 6.45) is 8.53. The van der Waals surface area contributed by atoms with Crippen LogP contribution in [-0.2, 0) is 31.2 Å². The number of thiazole rings is 1. The molecule has 0 amide bonds. The fraction of sp³-hybridized carbons (Fsp3) is 0.357. The molecule has 0 radical (unpaired) electrons. The summed E-state index contributed by atoms with van der Waals surface area (Å²) in [5.41, 5.74) is 5.84. The predicted octanol–water partition coefficient (Wildman–Crippen LogP) is 5.26. The van der Waals surface area contributed by atoms with E-state index in [0.29, 0.717) is 23.8 Å². The van der Waals surface area contributed by atoms with Gasteiger partial charge in [0.15, 0.2) is 0 Å². The van der Waals surface area contributed by atoms with E-state index < -0.39 is 0 Å². The first-order chi connectivity index (χ1) is 17.3. The molecule has 2 aliphatic rings. The Bertz CT molecular complexity index is 1420. The van der Waals surface area contributed by atoms with Crippen molar-refractivity contribution >= 4 is 17.4 Å². The third-order valence-electron chi connectivity index (χ3n) is 7.11. The Morgan fingerprint density at radius 2 is 2.00 bits per heavy atom. The SMILES string of the molecule is CC1=C(C)C(C)CC(OC2C=Cc3nc(COc4ccc(Cc5sc(=O)[nH]c5O)cc4)n(C)c3C2)=C1. The number of aromatic hydroxyl groups is 1. The Kier molecular flexibility index (Phi) is 6.62. The van der Waals surface area contributed by atoms with Crippen LogP contribution in [0.15, 0.2) is 58.1 Å². The van der Waals surface area contributed by atoms with Crippen LogP contribution in [-0.4, -0.2) is 25.7 Å². The van der Waals surface area contributed by atoms with Gasteiger partial charge in [-0.2, -0.15) is 0 Å². The van der Waals surface area contributed by atoms with Gasteiger partial charge in [0.1, 0.15) is 24.3 Å². The first-order valence-corrected chi connectivity index (χ1v) is 13.0. The molecule has 2 aromatic heterocycles. The van der Waals surface area contributed by atoms with Gasteiger partial charge < -0.3 is 19.1 Å². The third kappa shape index (κ3) is 5.04. The number of nitrogens with one attached hydrogen (secondary N) is 1. The second-order valence-corrected chi connectivity index (χ2v) is 10.7. The van der Waals surface area contributed by atoms with E-state index in [4.69, 9.17) is 14.5 Å². The number of ether oxygens (including phenoxy) is 2. The first-order valence-electron chi connectivity index (χ1n) is 12.2. The molecule has 1 aromatic carbocycles. The number of imidazole rings is 1. The molecule has 0 bridgehead atoms. The summed E-state index contributed by atoms with van der Waals surface area (Å²) in [7, 11) is 2.02. The molecule has 3 aromatic rings. The Morgan fingerprint density at radius 1 is 1.22 bits per heavy atom. The van der Waals surface area contributed by atoms with E-state index >= 15 is 0 Å². The van der Waals surface area contributed by atoms with Gasteiger partial charge >= 0.3 is 4.87 Å². The lowest BCUT2D eigenvalue weighted by Crippen LogP contribution is -2.20. The summed E-state index contributed by atoms with van der Waals surface area (Å²) >= 11 is 1.02. The monoisotopic (exact) mass is 505 g/mol. The van der Waals surface area contributed by atoms with Crippen LogP contribution in [0.2, 0.25) is 0 Å². The minimum Gasteiger partial charge on any atom is -0.494 e. The smallest absolute Gasteiger partial charge is 0.307 e. The Morgan fingerprint density at radius 3 is 2.69 bits per heavy atom. The van der Waals surface area contributed by atoms with E-state index in [2.05, 4.69) is 42.5 Å². The lowest BCUT2D eigenvalue weighted by Gasteiger charge is -2.26. The number of allylic oxidation sites excluding steroid dienone is 4. The maximum absolute atomic E-state index is 11.4. The number of aromatic nitrogens is 3. The molecular weight excluding hydrogens is 474 g/mol. The minimum absolute atomic E-state index is 0.00283. The van der Waals surface area contributed by atoms with Crippen LogP contribution in [0.25, 0.3) is 6.08 Å². The van der Waals surface area contributed by atoms with Gasteiger partial charge in [-0.05, 0) is 61.3 Å². The van der Waals surface area contributed by atoms with Crippen molar-refractivity contribution < 1.29 is 14.6 Å². The molecule has 36 heavy (non-hydrogen) atoms. The summed E-state index contributed by atoms with van der Waals surface area (Å²) in [5.74, 6) is 3.10. The molecule has 0 fully saturated rings. The topological polar surface area (TPSA) is 89.4 Å². The number of hydrogen-bond acceptors (Lipinski definition) is 6. The second kappa shape index (κ2) is 9.85. The summed E-state index contributed by atoms with van der Waals surface area (Å²) in [6.45, 7) is 6.96. The number of nitrogens with zero attached hydrogens (tertiary/aromatic N) is 2. The zero-order valence-corrected chi connectivity index (χ0v) is 21.8. The molecule has 2 N–H and O–H groups in total. The van der Waals surface area contributed by atoms with Crippen molar-refractivity contribution in [1.82, 2.24) is 14.5 Å². The highest BCUT2D eigenvalue weighted by Crippen LogP contribution is 2.32. The van der Waals surface area contributed by atoms with Gasteiger partial charge in [0.2, 0.25) is 5.88 Å². The van der Waals surface area contributed by atoms with E-state index in [9.17, 15) is 9.90 Å². The summed E-state index contributed by atoms with van der Waals surface area (Å²) in [4.78, 5) is 18.9. The van der Waals surface area contributed by atoms with Gasteiger partial charge in [0, 0.05) is 32.0 Å². The number of H-pyrrole nitrogens is 1. The number of fused-ring (bicyclic) bond motifs is 1. The maximum Gasteiger partial charge on any atom is 0.307 e. The highest BCUT2D eigenvalue weighted by molar-refractivity contribution is 7.09. The zero-order valence-electron chi connectivity index (χ0n) is 21.0. The largest absolute Gasteiger partial charge is 0.494 e. The average Bonchev–Trinajstić information content (AvgIpc) is 3.34. The van der Waals surface area contributed by atoms with Crippen LogP contribution >= 0.6 is 11.3 Å². The molecule has 0 aliphatic heterocycles. The van der Waals surface area contributed by atoms with Crippen molar-refractivity contribution in [3.63, 3.8) is 0 Å². The molecule has 7 nitrogen and oxygen atoms in total. The molecule has 0 saturated heterocycles. The van der Waals surface area contributed by atoms with E-state index in [1.165, 1.54) is 11.1 Å². The number of hydrogen-bond donors (Lipinski definition) is 2. The van der Waals surface area contributed by atoms with Crippen LogP contribution in [0.5, 0.6) is 11.6 Å². The van der Waals surface area contributed by atoms with E-state index in [1.54, 1.807) is 0 Å². The molecular formula is C28H31N3O4S. The van der Waals surface area contributed by atoms with Crippen molar-refractivity contribution in [3.05, 3.63) is 90.6 Å². The normalized spacial score (nSPS) is 19.3. The van der Waals surface area contributed by atoms with Crippen LogP contribution in [0, 0.1) is 5.92 Å². The molecule has 2 atom stereocenters. The highest BCUT2D eigenvalue weighted by Gasteiger charge is 2.24. The van der Waals surface area contributed by atoms with E-state index in [-0.39, 0.29) is 16.9 Å². The molecule has 2 heterocycles. The number of rotatable bonds is 7. The van der Waals surface area contributed by atoms with Crippen molar-refractivity contribution in [2.24, 2.45) is 13.0 Å². The van der Waals surface area contributed by atoms with Crippen LogP contribution in [0.4, 0.5) is 0 Å². The summed E-state index contributed by atoms with van der Waals surface area (Å²) < 4.78 is 14.5. The van der Waals surface area contributed by atoms with Gasteiger partial charge in [0.25, 0.3) is 0 Å². The van der Waals surface area contributed by atoms with Crippen molar-refractivity contribution in [1.29, 1.82) is 0 Å². The predicted molar refractivity (Wildman–Crippen MR) is 141 cm³/mol. The quantitative estimate of drug-likeness (QED) is 0.457. The summed E-state index contributed by atoms with van der Waals surface area (Å²) in [6, 6.07) is 7.66. The van der Waals surface area contributed by atoms with Gasteiger partial charge in [-0.1, -0.05) is 36.0 Å². The average molecular weight is 506 g/mol. The molecule has 2 unspecified atom stereocenters. The maximum atomic E-state index is 11.4. The molecule has 8 heteroatoms. The standard InChI is InChI=1S/C28H31N3O4S/c1-16-11-22(12-17(2)18(16)3)35-21-9-10-23-24(14-21)31(4)26(29-23)15-34-20-7-5-19(6-8-20)13-25-27(32)30-28(33)36-25/h5-11,17,21,32H,12-15H2,1-4H3,(H,30,33). The molecule has 188 valence electrons. The van der Waals surface area contributed by atoms with Crippen molar-refractivity contribution in [2.45, 2.75) is 52.7 Å². The second-order valence-electron chi connectivity index (χ2n) is 9.62. The first kappa shape index (κ1) is 24.2. The number of benzene rings is 1. The van der Waals surface area contributed by atoms with Gasteiger partial charge in [-0.3, -0.25) is 9.78 Å². The summed E-state index contributed by atoms with van der Waals surface area (Å²) in [5, 5.41) is 9.79. The number of aromatic amines is 1. The fourth-order valence-corrected chi connectivity index (χ4v) is 5.45. The Labute approximate surface area is 214 Å². The lowest BCUT2D eigenvalue weighted by molar-refractivity contribution is 0.138. The van der Waals surface area contributed by atoms with Crippen LogP contribution in [0.1, 0.15) is 54.8 Å². The van der Waals surface area contributed by atoms with Gasteiger partial charge in [-0.25, -0.2) is 4.98 Å². The van der Waals surface area contributed by atoms with E-state index in [1.807, 2.05) is 37.4 Å². The Balaban J connectivity index is 1.20. The fourth-order valence-electron chi connectivity index (χ4n) is 4.69. The molecule has 0 saturated carbocycles. The van der Waals surface area contributed by atoms with Crippen molar-refractivity contribution in [2.75, 3.05) is 0 Å². The Hall–Kier alpha value is -3.52. The molecule has 5 rings (SSSR count). The van der Waals surface area contributed by atoms with Gasteiger partial charge in [0.05, 0.1) is 16.3 Å². The van der Waals surface area contributed by atoms with Crippen LogP contribution < -0.4 is 9.61 Å². The highest BCUT2D eigenvalue weighted by atomic mass is 32.1. The van der Waals surface area contributed by atoms with E-state index in [0.717, 1.165) is 58.5 Å². The molecule has 0 spiro atoms. The third-order valence-corrected chi connectivity index (χ3v) is 7.98. The molecule has 2 aliphatic carbocycles. The zero-order chi connectivity index (χ0) is 25.4. The van der Waals surface area contributed by atoms with Gasteiger partial charge in [-0.15, -0.1) is 0 Å². The van der Waals surface area contributed by atoms with Crippen molar-refractivity contribution in [3.8, 4) is 11.6 Å². The minimum atomic E-state index is -0.254. The lowest BCUT2D eigenvalue weighted by atomic mass is 9.89. The van der Waals surface area contributed by atoms with Crippen LogP contribution in [0.3, 0.4) is 0 Å².